The fraction of sp³-hybridized carbons (Fsp3) is 0.500. The first-order valence-electron chi connectivity index (χ1n) is 5.34. The monoisotopic (exact) mass is 225 g/mol. The van der Waals surface area contributed by atoms with Crippen LogP contribution >= 0.6 is 11.3 Å². The minimum absolute atomic E-state index is 0.705. The van der Waals surface area contributed by atoms with E-state index in [1.165, 1.54) is 9.75 Å². The molecule has 0 radical (unpaired) electrons. The van der Waals surface area contributed by atoms with Crippen LogP contribution in [0.5, 0.6) is 0 Å². The van der Waals surface area contributed by atoms with Crippen molar-refractivity contribution in [2.45, 2.75) is 27.0 Å². The van der Waals surface area contributed by atoms with Gasteiger partial charge in [-0.25, -0.2) is 0 Å². The van der Waals surface area contributed by atoms with E-state index in [-0.39, 0.29) is 0 Å². The second-order valence-electron chi connectivity index (χ2n) is 3.23. The quantitative estimate of drug-likeness (QED) is 0.569. The van der Waals surface area contributed by atoms with E-state index < -0.39 is 0 Å². The minimum Gasteiger partial charge on any atom is -0.372 e. The fourth-order valence-corrected chi connectivity index (χ4v) is 2.09. The van der Waals surface area contributed by atoms with Crippen molar-refractivity contribution >= 4 is 11.3 Å². The third-order valence-corrected chi connectivity index (χ3v) is 3.02. The van der Waals surface area contributed by atoms with Crippen molar-refractivity contribution < 1.29 is 4.74 Å². The Hall–Kier alpha value is -0.640. The van der Waals surface area contributed by atoms with Gasteiger partial charge in [-0.2, -0.15) is 0 Å². The topological polar surface area (TPSA) is 21.3 Å². The Balaban J connectivity index is 2.26. The summed E-state index contributed by atoms with van der Waals surface area (Å²) >= 11 is 1.82. The zero-order chi connectivity index (χ0) is 10.9. The van der Waals surface area contributed by atoms with Gasteiger partial charge >= 0.3 is 0 Å². The molecule has 2 nitrogen and oxygen atoms in total. The van der Waals surface area contributed by atoms with Crippen molar-refractivity contribution in [3.05, 3.63) is 34.0 Å². The molecule has 1 N–H and O–H groups in total. The van der Waals surface area contributed by atoms with Crippen LogP contribution < -0.4 is 5.32 Å². The van der Waals surface area contributed by atoms with Gasteiger partial charge in [-0.15, -0.1) is 11.3 Å². The number of ether oxygens (including phenoxy) is 1. The number of rotatable bonds is 7. The van der Waals surface area contributed by atoms with Crippen molar-refractivity contribution in [1.29, 1.82) is 0 Å². The van der Waals surface area contributed by atoms with Crippen LogP contribution in [-0.2, 0) is 17.9 Å². The molecule has 1 rings (SSSR count). The highest BCUT2D eigenvalue weighted by Gasteiger charge is 1.99. The lowest BCUT2D eigenvalue weighted by Gasteiger charge is -1.98. The third kappa shape index (κ3) is 5.11. The molecule has 0 aromatic carbocycles. The van der Waals surface area contributed by atoms with Gasteiger partial charge in [0, 0.05) is 16.3 Å². The van der Waals surface area contributed by atoms with Crippen LogP contribution in [0.15, 0.2) is 24.3 Å². The van der Waals surface area contributed by atoms with Gasteiger partial charge in [0.25, 0.3) is 0 Å². The Labute approximate surface area is 96.0 Å². The van der Waals surface area contributed by atoms with Gasteiger partial charge in [0.05, 0.1) is 13.2 Å². The van der Waals surface area contributed by atoms with Crippen LogP contribution in [0.25, 0.3) is 0 Å². The van der Waals surface area contributed by atoms with E-state index in [9.17, 15) is 0 Å². The SMILES string of the molecule is C/C=C/COCc1ccc(CNCC)s1. The molecule has 1 aromatic rings. The van der Waals surface area contributed by atoms with Crippen LogP contribution in [0.4, 0.5) is 0 Å². The van der Waals surface area contributed by atoms with Crippen molar-refractivity contribution in [3.8, 4) is 0 Å². The van der Waals surface area contributed by atoms with Gasteiger partial charge in [-0.3, -0.25) is 0 Å². The molecule has 0 aliphatic heterocycles. The number of hydrogen-bond acceptors (Lipinski definition) is 3. The number of nitrogens with one attached hydrogen (secondary N) is 1. The number of allylic oxidation sites excluding steroid dienone is 1. The standard InChI is InChI=1S/C12H19NOS/c1-3-5-8-14-10-12-7-6-11(15-12)9-13-4-2/h3,5-7,13H,4,8-10H2,1-2H3/b5-3+. The molecule has 0 unspecified atom stereocenters. The average molecular weight is 225 g/mol. The van der Waals surface area contributed by atoms with Crippen LogP contribution in [0.3, 0.4) is 0 Å². The lowest BCUT2D eigenvalue weighted by Crippen LogP contribution is -2.10. The molecule has 0 spiro atoms. The zero-order valence-electron chi connectivity index (χ0n) is 9.45. The highest BCUT2D eigenvalue weighted by molar-refractivity contribution is 7.11. The Bertz CT molecular complexity index is 294. The maximum absolute atomic E-state index is 5.48. The maximum Gasteiger partial charge on any atom is 0.0813 e. The van der Waals surface area contributed by atoms with E-state index in [2.05, 4.69) is 24.4 Å². The summed E-state index contributed by atoms with van der Waals surface area (Å²) in [6, 6.07) is 4.31. The predicted octanol–water partition coefficient (Wildman–Crippen LogP) is 2.95. The smallest absolute Gasteiger partial charge is 0.0813 e. The summed E-state index contributed by atoms with van der Waals surface area (Å²) in [4.78, 5) is 2.67. The molecule has 0 atom stereocenters. The van der Waals surface area contributed by atoms with Crippen LogP contribution in [0.1, 0.15) is 23.6 Å². The first kappa shape index (κ1) is 12.4. The Morgan fingerprint density at radius 1 is 1.40 bits per heavy atom. The molecular weight excluding hydrogens is 206 g/mol. The highest BCUT2D eigenvalue weighted by Crippen LogP contribution is 2.17. The zero-order valence-corrected chi connectivity index (χ0v) is 10.3. The summed E-state index contributed by atoms with van der Waals surface area (Å²) in [6.45, 7) is 7.54. The molecule has 1 aromatic heterocycles. The fourth-order valence-electron chi connectivity index (χ4n) is 1.17. The van der Waals surface area contributed by atoms with Crippen LogP contribution in [0, 0.1) is 0 Å². The summed E-state index contributed by atoms with van der Waals surface area (Å²) in [7, 11) is 0. The Kier molecular flexibility index (Phi) is 6.32. The van der Waals surface area contributed by atoms with Gasteiger partial charge in [0.15, 0.2) is 0 Å². The normalized spacial score (nSPS) is 11.3. The van der Waals surface area contributed by atoms with Crippen molar-refractivity contribution in [1.82, 2.24) is 5.32 Å². The molecular formula is C12H19NOS. The molecule has 0 aliphatic rings. The van der Waals surface area contributed by atoms with E-state index in [4.69, 9.17) is 4.74 Å². The van der Waals surface area contributed by atoms with Crippen molar-refractivity contribution in [2.24, 2.45) is 0 Å². The average Bonchev–Trinajstić information content (AvgIpc) is 2.69. The molecule has 0 saturated carbocycles. The first-order valence-corrected chi connectivity index (χ1v) is 6.15. The molecule has 0 aliphatic carbocycles. The van der Waals surface area contributed by atoms with E-state index in [1.807, 2.05) is 30.4 Å². The molecule has 0 bridgehead atoms. The van der Waals surface area contributed by atoms with E-state index in [1.54, 1.807) is 0 Å². The van der Waals surface area contributed by atoms with Gasteiger partial charge in [-0.05, 0) is 25.6 Å². The van der Waals surface area contributed by atoms with Crippen molar-refractivity contribution in [2.75, 3.05) is 13.2 Å². The first-order chi connectivity index (χ1) is 7.36. The molecule has 0 amide bonds. The van der Waals surface area contributed by atoms with Gasteiger partial charge in [0.2, 0.25) is 0 Å². The summed E-state index contributed by atoms with van der Waals surface area (Å²) in [5, 5.41) is 3.31. The Morgan fingerprint density at radius 2 is 2.20 bits per heavy atom. The minimum atomic E-state index is 0.705. The van der Waals surface area contributed by atoms with Crippen LogP contribution in [0.2, 0.25) is 0 Å². The summed E-state index contributed by atoms with van der Waals surface area (Å²) in [5.41, 5.74) is 0. The number of thiophene rings is 1. The Morgan fingerprint density at radius 3 is 2.93 bits per heavy atom. The van der Waals surface area contributed by atoms with E-state index in [0.29, 0.717) is 6.61 Å². The summed E-state index contributed by atoms with van der Waals surface area (Å²) < 4.78 is 5.48. The predicted molar refractivity (Wildman–Crippen MR) is 66.2 cm³/mol. The molecule has 1 heterocycles. The van der Waals surface area contributed by atoms with Crippen molar-refractivity contribution in [3.63, 3.8) is 0 Å². The van der Waals surface area contributed by atoms with E-state index >= 15 is 0 Å². The summed E-state index contributed by atoms with van der Waals surface area (Å²) in [5.74, 6) is 0. The van der Waals surface area contributed by atoms with E-state index in [0.717, 1.165) is 19.7 Å². The second-order valence-corrected chi connectivity index (χ2v) is 4.49. The third-order valence-electron chi connectivity index (χ3n) is 1.96. The highest BCUT2D eigenvalue weighted by atomic mass is 32.1. The van der Waals surface area contributed by atoms with Gasteiger partial charge in [0.1, 0.15) is 0 Å². The molecule has 0 saturated heterocycles. The summed E-state index contributed by atoms with van der Waals surface area (Å²) in [6.07, 6.45) is 4.03. The van der Waals surface area contributed by atoms with Gasteiger partial charge < -0.3 is 10.1 Å². The van der Waals surface area contributed by atoms with Gasteiger partial charge in [-0.1, -0.05) is 19.1 Å². The lowest BCUT2D eigenvalue weighted by atomic mass is 10.4. The van der Waals surface area contributed by atoms with Crippen LogP contribution in [-0.4, -0.2) is 13.2 Å². The molecule has 84 valence electrons. The maximum atomic E-state index is 5.48. The molecule has 15 heavy (non-hydrogen) atoms. The second kappa shape index (κ2) is 7.63. The largest absolute Gasteiger partial charge is 0.372 e. The molecule has 3 heteroatoms. The molecule has 0 fully saturated rings. The lowest BCUT2D eigenvalue weighted by molar-refractivity contribution is 0.151. The number of hydrogen-bond donors (Lipinski definition) is 1.